The summed E-state index contributed by atoms with van der Waals surface area (Å²) >= 11 is 0. The summed E-state index contributed by atoms with van der Waals surface area (Å²) in [5.74, 6) is 0.805. The zero-order chi connectivity index (χ0) is 18.2. The Balaban J connectivity index is 2.11. The van der Waals surface area contributed by atoms with E-state index in [9.17, 15) is 9.59 Å². The molecule has 3 atom stereocenters. The number of methoxy groups -OCH3 is 2. The molecule has 5 nitrogen and oxygen atoms in total. The Morgan fingerprint density at radius 2 is 2.04 bits per heavy atom. The van der Waals surface area contributed by atoms with Crippen molar-refractivity contribution < 1.29 is 19.1 Å². The summed E-state index contributed by atoms with van der Waals surface area (Å²) in [7, 11) is 3.09. The number of carbonyl (C=O) groups excluding carboxylic acids is 2. The minimum Gasteiger partial charge on any atom is -0.495 e. The predicted molar refractivity (Wildman–Crippen MR) is 95.8 cm³/mol. The first kappa shape index (κ1) is 17.8. The minimum atomic E-state index is -0.452. The maximum Gasteiger partial charge on any atom is 0.311 e. The lowest BCUT2D eigenvalue weighted by Crippen LogP contribution is -2.52. The van der Waals surface area contributed by atoms with Gasteiger partial charge in [0, 0.05) is 0 Å². The van der Waals surface area contributed by atoms with Gasteiger partial charge in [0.15, 0.2) is 0 Å². The monoisotopic (exact) mass is 345 g/mol. The Morgan fingerprint density at radius 3 is 2.68 bits per heavy atom. The van der Waals surface area contributed by atoms with E-state index >= 15 is 0 Å². The van der Waals surface area contributed by atoms with Crippen molar-refractivity contribution in [2.24, 2.45) is 11.3 Å². The molecule has 0 unspecified atom stereocenters. The lowest BCUT2D eigenvalue weighted by Gasteiger charge is -2.54. The number of carbonyl (C=O) groups is 2. The molecule has 3 rings (SSSR count). The number of hydrogen-bond donors (Lipinski definition) is 1. The first-order valence-electron chi connectivity index (χ1n) is 8.90. The van der Waals surface area contributed by atoms with E-state index in [-0.39, 0.29) is 17.3 Å². The first-order valence-corrected chi connectivity index (χ1v) is 8.90. The molecule has 1 saturated carbocycles. The molecular formula is C20H27NO4. The fourth-order valence-electron chi connectivity index (χ4n) is 5.32. The molecule has 1 aromatic rings. The normalized spacial score (nSPS) is 30.6. The van der Waals surface area contributed by atoms with E-state index < -0.39 is 5.41 Å². The molecule has 1 aromatic carbocycles. The maximum atomic E-state index is 12.6. The van der Waals surface area contributed by atoms with Gasteiger partial charge in [0.25, 0.3) is 0 Å². The lowest BCUT2D eigenvalue weighted by atomic mass is 9.50. The molecule has 2 aliphatic carbocycles. The van der Waals surface area contributed by atoms with E-state index in [0.717, 1.165) is 32.1 Å². The minimum absolute atomic E-state index is 0.0955. The summed E-state index contributed by atoms with van der Waals surface area (Å²) in [4.78, 5) is 23.4. The lowest BCUT2D eigenvalue weighted by molar-refractivity contribution is -0.161. The van der Waals surface area contributed by atoms with Gasteiger partial charge in [-0.2, -0.15) is 0 Å². The SMILES string of the molecule is COC(=O)[C@@]1(C)CCC[C@]2(C)c3cc(OC)c(NC=O)cc3CC[C@@H]12. The van der Waals surface area contributed by atoms with Gasteiger partial charge in [-0.25, -0.2) is 0 Å². The predicted octanol–water partition coefficient (Wildman–Crippen LogP) is 3.45. The van der Waals surface area contributed by atoms with Gasteiger partial charge in [0.05, 0.1) is 25.3 Å². The summed E-state index contributed by atoms with van der Waals surface area (Å²) in [6, 6.07) is 4.07. The van der Waals surface area contributed by atoms with E-state index in [1.165, 1.54) is 18.2 Å². The van der Waals surface area contributed by atoms with E-state index in [2.05, 4.69) is 25.2 Å². The van der Waals surface area contributed by atoms with Crippen molar-refractivity contribution in [3.63, 3.8) is 0 Å². The van der Waals surface area contributed by atoms with Gasteiger partial charge >= 0.3 is 5.97 Å². The number of benzene rings is 1. The molecule has 0 saturated heterocycles. The number of amides is 1. The van der Waals surface area contributed by atoms with Crippen molar-refractivity contribution in [2.75, 3.05) is 19.5 Å². The van der Waals surface area contributed by atoms with Gasteiger partial charge in [-0.3, -0.25) is 9.59 Å². The summed E-state index contributed by atoms with van der Waals surface area (Å²) in [6.45, 7) is 4.33. The zero-order valence-electron chi connectivity index (χ0n) is 15.5. The molecule has 0 bridgehead atoms. The van der Waals surface area contributed by atoms with Gasteiger partial charge in [0.1, 0.15) is 5.75 Å². The Kier molecular flexibility index (Phi) is 4.52. The van der Waals surface area contributed by atoms with Crippen LogP contribution in [-0.4, -0.2) is 26.6 Å². The van der Waals surface area contributed by atoms with Gasteiger partial charge in [-0.15, -0.1) is 0 Å². The number of esters is 1. The van der Waals surface area contributed by atoms with Gasteiger partial charge < -0.3 is 14.8 Å². The number of fused-ring (bicyclic) bond motifs is 3. The van der Waals surface area contributed by atoms with Crippen molar-refractivity contribution >= 4 is 18.1 Å². The molecule has 0 aromatic heterocycles. The van der Waals surface area contributed by atoms with Crippen LogP contribution in [-0.2, 0) is 26.2 Å². The molecule has 0 spiro atoms. The smallest absolute Gasteiger partial charge is 0.311 e. The van der Waals surface area contributed by atoms with Crippen LogP contribution in [0.2, 0.25) is 0 Å². The molecular weight excluding hydrogens is 318 g/mol. The highest BCUT2D eigenvalue weighted by Crippen LogP contribution is 2.58. The van der Waals surface area contributed by atoms with Gasteiger partial charge in [-0.1, -0.05) is 13.3 Å². The quantitative estimate of drug-likeness (QED) is 0.670. The van der Waals surface area contributed by atoms with Gasteiger partial charge in [-0.05, 0) is 67.2 Å². The third-order valence-corrected chi connectivity index (χ3v) is 6.54. The largest absolute Gasteiger partial charge is 0.495 e. The maximum absolute atomic E-state index is 12.6. The van der Waals surface area contributed by atoms with E-state index in [0.29, 0.717) is 17.8 Å². The highest BCUT2D eigenvalue weighted by Gasteiger charge is 2.55. The molecule has 5 heteroatoms. The molecule has 0 heterocycles. The fourth-order valence-corrected chi connectivity index (χ4v) is 5.32. The summed E-state index contributed by atoms with van der Waals surface area (Å²) in [5, 5.41) is 2.73. The second kappa shape index (κ2) is 6.36. The van der Waals surface area contributed by atoms with Crippen molar-refractivity contribution in [3.05, 3.63) is 23.3 Å². The number of anilines is 1. The molecule has 1 N–H and O–H groups in total. The van der Waals surface area contributed by atoms with Crippen LogP contribution in [0.5, 0.6) is 5.75 Å². The van der Waals surface area contributed by atoms with Crippen LogP contribution in [0.25, 0.3) is 0 Å². The second-order valence-corrected chi connectivity index (χ2v) is 7.74. The molecule has 2 aliphatic rings. The van der Waals surface area contributed by atoms with Crippen LogP contribution in [0.15, 0.2) is 12.1 Å². The van der Waals surface area contributed by atoms with Crippen LogP contribution in [0, 0.1) is 11.3 Å². The molecule has 1 fully saturated rings. The Morgan fingerprint density at radius 1 is 1.28 bits per heavy atom. The van der Waals surface area contributed by atoms with Crippen molar-refractivity contribution in [2.45, 2.75) is 51.4 Å². The van der Waals surface area contributed by atoms with Crippen LogP contribution in [0.3, 0.4) is 0 Å². The highest BCUT2D eigenvalue weighted by atomic mass is 16.5. The average molecular weight is 345 g/mol. The Labute approximate surface area is 149 Å². The third-order valence-electron chi connectivity index (χ3n) is 6.54. The van der Waals surface area contributed by atoms with Crippen molar-refractivity contribution in [3.8, 4) is 5.75 Å². The van der Waals surface area contributed by atoms with E-state index in [1.54, 1.807) is 7.11 Å². The average Bonchev–Trinajstić information content (AvgIpc) is 2.60. The summed E-state index contributed by atoms with van der Waals surface area (Å²) in [6.07, 6.45) is 5.42. The fraction of sp³-hybridized carbons (Fsp3) is 0.600. The zero-order valence-corrected chi connectivity index (χ0v) is 15.5. The van der Waals surface area contributed by atoms with E-state index in [1.807, 2.05) is 6.07 Å². The molecule has 0 aliphatic heterocycles. The van der Waals surface area contributed by atoms with Crippen LogP contribution >= 0.6 is 0 Å². The summed E-state index contributed by atoms with van der Waals surface area (Å²) < 4.78 is 10.7. The topological polar surface area (TPSA) is 64.6 Å². The van der Waals surface area contributed by atoms with Crippen molar-refractivity contribution in [1.29, 1.82) is 0 Å². The van der Waals surface area contributed by atoms with Crippen LogP contribution in [0.1, 0.15) is 50.7 Å². The Bertz CT molecular complexity index is 701. The van der Waals surface area contributed by atoms with Crippen molar-refractivity contribution in [1.82, 2.24) is 0 Å². The molecule has 136 valence electrons. The van der Waals surface area contributed by atoms with E-state index in [4.69, 9.17) is 9.47 Å². The third kappa shape index (κ3) is 2.60. The van der Waals surface area contributed by atoms with Crippen LogP contribution < -0.4 is 10.1 Å². The molecule has 0 radical (unpaired) electrons. The van der Waals surface area contributed by atoms with Gasteiger partial charge in [0.2, 0.25) is 6.41 Å². The number of aryl methyl sites for hydroxylation is 1. The Hall–Kier alpha value is -2.04. The number of ether oxygens (including phenoxy) is 2. The number of nitrogens with one attached hydrogen (secondary N) is 1. The highest BCUT2D eigenvalue weighted by molar-refractivity contribution is 5.79. The molecule has 25 heavy (non-hydrogen) atoms. The molecule has 1 amide bonds. The second-order valence-electron chi connectivity index (χ2n) is 7.74. The summed E-state index contributed by atoms with van der Waals surface area (Å²) in [5.41, 5.74) is 2.63. The number of hydrogen-bond acceptors (Lipinski definition) is 4. The van der Waals surface area contributed by atoms with Crippen LogP contribution in [0.4, 0.5) is 5.69 Å². The first-order chi connectivity index (χ1) is 11.9. The number of rotatable bonds is 4. The standard InChI is InChI=1S/C20H27NO4/c1-19-8-5-9-20(2,18(23)25-4)17(19)7-6-13-10-15(21-12-22)16(24-3)11-14(13)19/h10-12,17H,5-9H2,1-4H3,(H,21,22)/t17-,19-,20+/m1/s1.